The first-order valence-electron chi connectivity index (χ1n) is 5.66. The highest BCUT2D eigenvalue weighted by Gasteiger charge is 2.21. The average Bonchev–Trinajstić information content (AvgIpc) is 3.14. The van der Waals surface area contributed by atoms with E-state index in [-0.39, 0.29) is 0 Å². The Morgan fingerprint density at radius 2 is 1.88 bits per heavy atom. The van der Waals surface area contributed by atoms with Crippen molar-refractivity contribution in [2.24, 2.45) is 0 Å². The molecule has 0 spiro atoms. The van der Waals surface area contributed by atoms with Crippen molar-refractivity contribution >= 4 is 17.5 Å². The molecule has 4 heteroatoms. The van der Waals surface area contributed by atoms with Crippen molar-refractivity contribution in [2.75, 3.05) is 5.32 Å². The molecule has 0 aliphatic heterocycles. The molecule has 3 rings (SSSR count). The summed E-state index contributed by atoms with van der Waals surface area (Å²) in [6.45, 7) is 0. The van der Waals surface area contributed by atoms with Crippen LogP contribution in [0.25, 0.3) is 11.1 Å². The molecule has 1 heterocycles. The minimum absolute atomic E-state index is 0.576. The molecule has 1 aliphatic carbocycles. The van der Waals surface area contributed by atoms with Gasteiger partial charge >= 0.3 is 0 Å². The normalized spacial score (nSPS) is 14.6. The second-order valence-corrected chi connectivity index (χ2v) is 4.66. The minimum atomic E-state index is 0.576. The van der Waals surface area contributed by atoms with Crippen molar-refractivity contribution in [3.63, 3.8) is 0 Å². The zero-order chi connectivity index (χ0) is 11.7. The summed E-state index contributed by atoms with van der Waals surface area (Å²) in [4.78, 5) is 8.60. The fraction of sp³-hybridized carbons (Fsp3) is 0.231. The summed E-state index contributed by atoms with van der Waals surface area (Å²) in [5.74, 6) is 0.707. The summed E-state index contributed by atoms with van der Waals surface area (Å²) in [6, 6.07) is 8.27. The first-order valence-corrected chi connectivity index (χ1v) is 6.03. The zero-order valence-electron chi connectivity index (χ0n) is 9.23. The summed E-state index contributed by atoms with van der Waals surface area (Å²) < 4.78 is 0. The van der Waals surface area contributed by atoms with Gasteiger partial charge in [0.05, 0.1) is 0 Å². The number of halogens is 1. The van der Waals surface area contributed by atoms with Gasteiger partial charge in [-0.05, 0) is 30.5 Å². The smallest absolute Gasteiger partial charge is 0.222 e. The molecule has 0 amide bonds. The molecule has 0 radical (unpaired) electrons. The van der Waals surface area contributed by atoms with Gasteiger partial charge in [-0.15, -0.1) is 0 Å². The molecule has 1 N–H and O–H groups in total. The number of nitrogens with zero attached hydrogens (tertiary/aromatic N) is 2. The number of anilines is 1. The quantitative estimate of drug-likeness (QED) is 0.901. The van der Waals surface area contributed by atoms with Crippen LogP contribution in [-0.2, 0) is 0 Å². The Hall–Kier alpha value is -1.61. The molecule has 0 atom stereocenters. The zero-order valence-corrected chi connectivity index (χ0v) is 9.98. The lowest BCUT2D eigenvalue weighted by Crippen LogP contribution is -2.04. The van der Waals surface area contributed by atoms with Crippen LogP contribution in [0, 0.1) is 0 Å². The molecule has 1 aliphatic rings. The summed E-state index contributed by atoms with van der Waals surface area (Å²) in [5, 5.41) is 3.98. The first kappa shape index (κ1) is 10.5. The van der Waals surface area contributed by atoms with E-state index in [0.717, 1.165) is 16.1 Å². The molecule has 1 aromatic heterocycles. The number of benzene rings is 1. The van der Waals surface area contributed by atoms with Gasteiger partial charge in [0.1, 0.15) is 0 Å². The molecule has 0 bridgehead atoms. The molecular formula is C13H12ClN3. The maximum Gasteiger partial charge on any atom is 0.222 e. The molecule has 0 saturated heterocycles. The number of rotatable bonds is 3. The molecule has 86 valence electrons. The second kappa shape index (κ2) is 4.34. The summed E-state index contributed by atoms with van der Waals surface area (Å²) in [6.07, 6.45) is 6.09. The highest BCUT2D eigenvalue weighted by molar-refractivity contribution is 6.30. The SMILES string of the molecule is Clc1cccc(-c2cnc(NC3CC3)nc2)c1. The maximum atomic E-state index is 5.95. The Labute approximate surface area is 105 Å². The highest BCUT2D eigenvalue weighted by Crippen LogP contribution is 2.24. The summed E-state index contributed by atoms with van der Waals surface area (Å²) in [5.41, 5.74) is 2.02. The van der Waals surface area contributed by atoms with Gasteiger partial charge in [0.15, 0.2) is 0 Å². The van der Waals surface area contributed by atoms with Crippen molar-refractivity contribution in [1.29, 1.82) is 0 Å². The van der Waals surface area contributed by atoms with Gasteiger partial charge in [0.2, 0.25) is 5.95 Å². The highest BCUT2D eigenvalue weighted by atomic mass is 35.5. The first-order chi connectivity index (χ1) is 8.31. The van der Waals surface area contributed by atoms with Crippen LogP contribution in [0.1, 0.15) is 12.8 Å². The van der Waals surface area contributed by atoms with E-state index in [2.05, 4.69) is 15.3 Å². The third-order valence-corrected chi connectivity index (χ3v) is 2.96. The summed E-state index contributed by atoms with van der Waals surface area (Å²) in [7, 11) is 0. The third-order valence-electron chi connectivity index (χ3n) is 2.72. The van der Waals surface area contributed by atoms with Crippen molar-refractivity contribution in [1.82, 2.24) is 9.97 Å². The number of hydrogen-bond acceptors (Lipinski definition) is 3. The van der Waals surface area contributed by atoms with Crippen molar-refractivity contribution in [2.45, 2.75) is 18.9 Å². The number of nitrogens with one attached hydrogen (secondary N) is 1. The molecule has 3 nitrogen and oxygen atoms in total. The van der Waals surface area contributed by atoms with Crippen LogP contribution < -0.4 is 5.32 Å². The van der Waals surface area contributed by atoms with E-state index in [1.807, 2.05) is 36.7 Å². The van der Waals surface area contributed by atoms with Crippen molar-refractivity contribution in [3.8, 4) is 11.1 Å². The number of aromatic nitrogens is 2. The maximum absolute atomic E-state index is 5.95. The summed E-state index contributed by atoms with van der Waals surface area (Å²) >= 11 is 5.95. The van der Waals surface area contributed by atoms with E-state index < -0.39 is 0 Å². The van der Waals surface area contributed by atoms with Crippen LogP contribution in [0.5, 0.6) is 0 Å². The molecule has 0 unspecified atom stereocenters. The van der Waals surface area contributed by atoms with Gasteiger partial charge in [-0.25, -0.2) is 9.97 Å². The van der Waals surface area contributed by atoms with Crippen LogP contribution in [0.4, 0.5) is 5.95 Å². The van der Waals surface area contributed by atoms with Gasteiger partial charge in [-0.3, -0.25) is 0 Å². The molecular weight excluding hydrogens is 234 g/mol. The lowest BCUT2D eigenvalue weighted by Gasteiger charge is -2.04. The largest absolute Gasteiger partial charge is 0.351 e. The van der Waals surface area contributed by atoms with Gasteiger partial charge in [0, 0.05) is 29.0 Å². The number of hydrogen-bond donors (Lipinski definition) is 1. The van der Waals surface area contributed by atoms with Crippen molar-refractivity contribution in [3.05, 3.63) is 41.7 Å². The molecule has 1 fully saturated rings. The van der Waals surface area contributed by atoms with Gasteiger partial charge in [-0.2, -0.15) is 0 Å². The van der Waals surface area contributed by atoms with E-state index in [0.29, 0.717) is 12.0 Å². The second-order valence-electron chi connectivity index (χ2n) is 4.22. The standard InChI is InChI=1S/C13H12ClN3/c14-11-3-1-2-9(6-11)10-7-15-13(16-8-10)17-12-4-5-12/h1-3,6-8,12H,4-5H2,(H,15,16,17). The van der Waals surface area contributed by atoms with E-state index >= 15 is 0 Å². The predicted molar refractivity (Wildman–Crippen MR) is 69.1 cm³/mol. The predicted octanol–water partition coefficient (Wildman–Crippen LogP) is 3.37. The van der Waals surface area contributed by atoms with E-state index in [1.54, 1.807) is 0 Å². The fourth-order valence-corrected chi connectivity index (χ4v) is 1.82. The topological polar surface area (TPSA) is 37.8 Å². The van der Waals surface area contributed by atoms with Crippen LogP contribution >= 0.6 is 11.6 Å². The van der Waals surface area contributed by atoms with Crippen molar-refractivity contribution < 1.29 is 0 Å². The van der Waals surface area contributed by atoms with E-state index in [4.69, 9.17) is 11.6 Å². The lowest BCUT2D eigenvalue weighted by molar-refractivity contribution is 1.05. The lowest BCUT2D eigenvalue weighted by atomic mass is 10.1. The van der Waals surface area contributed by atoms with Crippen LogP contribution in [0.2, 0.25) is 5.02 Å². The minimum Gasteiger partial charge on any atom is -0.351 e. The Morgan fingerprint density at radius 3 is 2.53 bits per heavy atom. The van der Waals surface area contributed by atoms with Crippen LogP contribution in [0.3, 0.4) is 0 Å². The third kappa shape index (κ3) is 2.56. The molecule has 1 aromatic carbocycles. The van der Waals surface area contributed by atoms with E-state index in [9.17, 15) is 0 Å². The van der Waals surface area contributed by atoms with Gasteiger partial charge in [0.25, 0.3) is 0 Å². The average molecular weight is 246 g/mol. The van der Waals surface area contributed by atoms with Crippen LogP contribution in [-0.4, -0.2) is 16.0 Å². The van der Waals surface area contributed by atoms with Crippen LogP contribution in [0.15, 0.2) is 36.7 Å². The Kier molecular flexibility index (Phi) is 2.69. The molecule has 2 aromatic rings. The van der Waals surface area contributed by atoms with Gasteiger partial charge < -0.3 is 5.32 Å². The van der Waals surface area contributed by atoms with Gasteiger partial charge in [-0.1, -0.05) is 23.7 Å². The Morgan fingerprint density at radius 1 is 1.12 bits per heavy atom. The Balaban J connectivity index is 1.83. The monoisotopic (exact) mass is 245 g/mol. The Bertz CT molecular complexity index is 520. The molecule has 17 heavy (non-hydrogen) atoms. The fourth-order valence-electron chi connectivity index (χ4n) is 1.63. The molecule has 1 saturated carbocycles. The van der Waals surface area contributed by atoms with E-state index in [1.165, 1.54) is 12.8 Å².